The number of fused-ring (bicyclic) bond motifs is 1. The van der Waals surface area contributed by atoms with Crippen LogP contribution in [0.1, 0.15) is 50.2 Å². The number of aromatic amines is 1. The van der Waals surface area contributed by atoms with Crippen LogP contribution in [0, 0.1) is 0 Å². The van der Waals surface area contributed by atoms with E-state index in [1.54, 1.807) is 0 Å². The third kappa shape index (κ3) is 3.19. The fraction of sp³-hybridized carbons (Fsp3) is 0.389. The third-order valence-corrected chi connectivity index (χ3v) is 3.80. The van der Waals surface area contributed by atoms with Crippen molar-refractivity contribution in [1.82, 2.24) is 4.98 Å². The predicted octanol–water partition coefficient (Wildman–Crippen LogP) is 4.68. The molecule has 0 atom stereocenters. The van der Waals surface area contributed by atoms with Crippen molar-refractivity contribution in [2.45, 2.75) is 45.4 Å². The number of hydrogen-bond acceptors (Lipinski definition) is 1. The van der Waals surface area contributed by atoms with Gasteiger partial charge in [-0.3, -0.25) is 4.79 Å². The lowest BCUT2D eigenvalue weighted by molar-refractivity contribution is 0.630. The fourth-order valence-corrected chi connectivity index (χ4v) is 2.70. The molecule has 1 heterocycles. The Morgan fingerprint density at radius 1 is 1.15 bits per heavy atom. The topological polar surface area (TPSA) is 32.9 Å². The summed E-state index contributed by atoms with van der Waals surface area (Å²) in [7, 11) is 0. The second kappa shape index (κ2) is 7.09. The third-order valence-electron chi connectivity index (χ3n) is 3.80. The van der Waals surface area contributed by atoms with Gasteiger partial charge in [0.25, 0.3) is 5.56 Å². The van der Waals surface area contributed by atoms with Crippen LogP contribution in [-0.2, 0) is 6.42 Å². The van der Waals surface area contributed by atoms with Crippen molar-refractivity contribution < 1.29 is 0 Å². The summed E-state index contributed by atoms with van der Waals surface area (Å²) in [4.78, 5) is 15.2. The minimum atomic E-state index is 0.0362. The standard InChI is InChI=1S/C18H23NO/c1-3-5-6-7-8-12-16-14(4-2)15-11-9-10-13-17(15)19-18(16)20/h4,9-11,13H,2-3,5-8,12H2,1H3,(H,19,20). The molecule has 1 aromatic heterocycles. The summed E-state index contributed by atoms with van der Waals surface area (Å²) in [5, 5.41) is 1.09. The molecule has 2 aromatic rings. The molecule has 0 aliphatic carbocycles. The van der Waals surface area contributed by atoms with Gasteiger partial charge >= 0.3 is 0 Å². The van der Waals surface area contributed by atoms with Crippen LogP contribution in [0.3, 0.4) is 0 Å². The van der Waals surface area contributed by atoms with Crippen molar-refractivity contribution in [3.05, 3.63) is 52.3 Å². The van der Waals surface area contributed by atoms with Gasteiger partial charge < -0.3 is 4.98 Å². The predicted molar refractivity (Wildman–Crippen MR) is 87.1 cm³/mol. The molecule has 1 N–H and O–H groups in total. The van der Waals surface area contributed by atoms with Gasteiger partial charge in [0.2, 0.25) is 0 Å². The molecule has 0 unspecified atom stereocenters. The molecule has 0 spiro atoms. The lowest BCUT2D eigenvalue weighted by atomic mass is 9.98. The van der Waals surface area contributed by atoms with Crippen LogP contribution >= 0.6 is 0 Å². The number of hydrogen-bond donors (Lipinski definition) is 1. The molecule has 2 nitrogen and oxygen atoms in total. The van der Waals surface area contributed by atoms with Crippen LogP contribution in [0.4, 0.5) is 0 Å². The fourth-order valence-electron chi connectivity index (χ4n) is 2.70. The molecular weight excluding hydrogens is 246 g/mol. The molecular formula is C18H23NO. The minimum absolute atomic E-state index is 0.0362. The maximum absolute atomic E-state index is 12.2. The highest BCUT2D eigenvalue weighted by atomic mass is 16.1. The Morgan fingerprint density at radius 3 is 2.65 bits per heavy atom. The zero-order chi connectivity index (χ0) is 14.4. The molecule has 2 rings (SSSR count). The van der Waals surface area contributed by atoms with Gasteiger partial charge in [0.1, 0.15) is 0 Å². The monoisotopic (exact) mass is 269 g/mol. The molecule has 0 amide bonds. The Hall–Kier alpha value is -1.83. The highest BCUT2D eigenvalue weighted by Crippen LogP contribution is 2.20. The first-order chi connectivity index (χ1) is 9.77. The summed E-state index contributed by atoms with van der Waals surface area (Å²) in [5.74, 6) is 0. The van der Waals surface area contributed by atoms with E-state index in [2.05, 4.69) is 18.5 Å². The van der Waals surface area contributed by atoms with E-state index in [1.165, 1.54) is 25.7 Å². The number of para-hydroxylation sites is 1. The molecule has 20 heavy (non-hydrogen) atoms. The van der Waals surface area contributed by atoms with E-state index in [0.29, 0.717) is 0 Å². The van der Waals surface area contributed by atoms with Crippen molar-refractivity contribution in [2.24, 2.45) is 0 Å². The van der Waals surface area contributed by atoms with Gasteiger partial charge in [0.15, 0.2) is 0 Å². The van der Waals surface area contributed by atoms with E-state index in [1.807, 2.05) is 30.3 Å². The molecule has 106 valence electrons. The normalized spacial score (nSPS) is 10.8. The van der Waals surface area contributed by atoms with Crippen LogP contribution in [0.15, 0.2) is 35.6 Å². The van der Waals surface area contributed by atoms with E-state index >= 15 is 0 Å². The first kappa shape index (κ1) is 14.6. The Labute approximate surface area is 120 Å². The van der Waals surface area contributed by atoms with Gasteiger partial charge in [-0.2, -0.15) is 0 Å². The van der Waals surface area contributed by atoms with E-state index < -0.39 is 0 Å². The van der Waals surface area contributed by atoms with E-state index in [-0.39, 0.29) is 5.56 Å². The number of nitrogens with one attached hydrogen (secondary N) is 1. The lowest BCUT2D eigenvalue weighted by Gasteiger charge is -2.09. The Morgan fingerprint density at radius 2 is 1.90 bits per heavy atom. The van der Waals surface area contributed by atoms with E-state index in [9.17, 15) is 4.79 Å². The molecule has 0 saturated heterocycles. The van der Waals surface area contributed by atoms with Gasteiger partial charge in [-0.1, -0.05) is 63.5 Å². The number of H-pyrrole nitrogens is 1. The molecule has 0 aliphatic rings. The van der Waals surface area contributed by atoms with E-state index in [0.717, 1.165) is 34.9 Å². The Balaban J connectivity index is 2.25. The number of aromatic nitrogens is 1. The number of rotatable bonds is 7. The lowest BCUT2D eigenvalue weighted by Crippen LogP contribution is -2.15. The van der Waals surface area contributed by atoms with Crippen LogP contribution in [0.5, 0.6) is 0 Å². The number of benzene rings is 1. The maximum Gasteiger partial charge on any atom is 0.252 e. The quantitative estimate of drug-likeness (QED) is 0.727. The SMILES string of the molecule is C=Cc1c(CCCCCCC)c(=O)[nH]c2ccccc12. The number of pyridine rings is 1. The van der Waals surface area contributed by atoms with Crippen molar-refractivity contribution in [3.63, 3.8) is 0 Å². The average Bonchev–Trinajstić information content (AvgIpc) is 2.47. The molecule has 0 radical (unpaired) electrons. The molecule has 0 aliphatic heterocycles. The smallest absolute Gasteiger partial charge is 0.252 e. The van der Waals surface area contributed by atoms with Crippen LogP contribution < -0.4 is 5.56 Å². The Bertz CT molecular complexity index is 639. The van der Waals surface area contributed by atoms with Gasteiger partial charge in [-0.25, -0.2) is 0 Å². The van der Waals surface area contributed by atoms with Gasteiger partial charge in [0, 0.05) is 16.5 Å². The second-order valence-corrected chi connectivity index (χ2v) is 5.26. The highest BCUT2D eigenvalue weighted by molar-refractivity contribution is 5.88. The Kier molecular flexibility index (Phi) is 5.16. The molecule has 1 aromatic carbocycles. The summed E-state index contributed by atoms with van der Waals surface area (Å²) < 4.78 is 0. The minimum Gasteiger partial charge on any atom is -0.322 e. The summed E-state index contributed by atoms with van der Waals surface area (Å²) in [6, 6.07) is 7.92. The summed E-state index contributed by atoms with van der Waals surface area (Å²) in [6.07, 6.45) is 8.70. The molecule has 0 fully saturated rings. The molecule has 0 saturated carbocycles. The van der Waals surface area contributed by atoms with Crippen molar-refractivity contribution in [1.29, 1.82) is 0 Å². The van der Waals surface area contributed by atoms with E-state index in [4.69, 9.17) is 0 Å². The van der Waals surface area contributed by atoms with Crippen LogP contribution in [0.25, 0.3) is 17.0 Å². The first-order valence-corrected chi connectivity index (χ1v) is 7.54. The summed E-state index contributed by atoms with van der Waals surface area (Å²) >= 11 is 0. The van der Waals surface area contributed by atoms with Gasteiger partial charge in [-0.05, 0) is 24.5 Å². The summed E-state index contributed by atoms with van der Waals surface area (Å²) in [5.41, 5.74) is 2.81. The highest BCUT2D eigenvalue weighted by Gasteiger charge is 2.09. The van der Waals surface area contributed by atoms with Crippen LogP contribution in [0.2, 0.25) is 0 Å². The van der Waals surface area contributed by atoms with Gasteiger partial charge in [-0.15, -0.1) is 0 Å². The maximum atomic E-state index is 12.2. The van der Waals surface area contributed by atoms with Gasteiger partial charge in [0.05, 0.1) is 0 Å². The first-order valence-electron chi connectivity index (χ1n) is 7.54. The largest absolute Gasteiger partial charge is 0.322 e. The molecule has 2 heteroatoms. The molecule has 0 bridgehead atoms. The zero-order valence-electron chi connectivity index (χ0n) is 12.2. The average molecular weight is 269 g/mol. The second-order valence-electron chi connectivity index (χ2n) is 5.26. The van der Waals surface area contributed by atoms with Crippen molar-refractivity contribution in [2.75, 3.05) is 0 Å². The number of unbranched alkanes of at least 4 members (excludes halogenated alkanes) is 4. The summed E-state index contributed by atoms with van der Waals surface area (Å²) in [6.45, 7) is 6.10. The van der Waals surface area contributed by atoms with Crippen molar-refractivity contribution in [3.8, 4) is 0 Å². The van der Waals surface area contributed by atoms with Crippen LogP contribution in [-0.4, -0.2) is 4.98 Å². The zero-order valence-corrected chi connectivity index (χ0v) is 12.2. The van der Waals surface area contributed by atoms with Crippen molar-refractivity contribution >= 4 is 17.0 Å².